The molecular weight excluding hydrogens is 367 g/mol. The third-order valence-electron chi connectivity index (χ3n) is 3.21. The zero-order valence-corrected chi connectivity index (χ0v) is 12.8. The van der Waals surface area contributed by atoms with E-state index in [1.165, 1.54) is 5.56 Å². The maximum atomic E-state index is 12.3. The molecule has 1 aliphatic heterocycles. The van der Waals surface area contributed by atoms with Crippen molar-refractivity contribution in [3.63, 3.8) is 0 Å². The van der Waals surface area contributed by atoms with E-state index in [4.69, 9.17) is 4.74 Å². The van der Waals surface area contributed by atoms with E-state index in [-0.39, 0.29) is 5.91 Å². The predicted octanol–water partition coefficient (Wildman–Crippen LogP) is 2.94. The minimum atomic E-state index is -0.555. The number of anilines is 1. The van der Waals surface area contributed by atoms with Crippen LogP contribution in [0.15, 0.2) is 42.6 Å². The van der Waals surface area contributed by atoms with E-state index < -0.39 is 6.10 Å². The van der Waals surface area contributed by atoms with Crippen molar-refractivity contribution in [2.45, 2.75) is 12.5 Å². The summed E-state index contributed by atoms with van der Waals surface area (Å²) in [5.74, 6) is 0.368. The summed E-state index contributed by atoms with van der Waals surface area (Å²) in [4.78, 5) is 16.5. The zero-order chi connectivity index (χ0) is 13.9. The quantitative estimate of drug-likeness (QED) is 0.816. The first-order valence-corrected chi connectivity index (χ1v) is 7.44. The van der Waals surface area contributed by atoms with Crippen LogP contribution in [0.1, 0.15) is 17.2 Å². The largest absolute Gasteiger partial charge is 0.363 e. The van der Waals surface area contributed by atoms with Crippen LogP contribution in [0, 0.1) is 3.57 Å². The Bertz CT molecular complexity index is 628. The van der Waals surface area contributed by atoms with Gasteiger partial charge in [-0.3, -0.25) is 4.79 Å². The number of rotatable bonds is 2. The molecule has 3 rings (SSSR count). The van der Waals surface area contributed by atoms with Gasteiger partial charge in [0.1, 0.15) is 5.82 Å². The van der Waals surface area contributed by atoms with Gasteiger partial charge in [0, 0.05) is 9.77 Å². The highest BCUT2D eigenvalue weighted by Crippen LogP contribution is 2.27. The van der Waals surface area contributed by atoms with Gasteiger partial charge in [0.2, 0.25) is 0 Å². The minimum Gasteiger partial charge on any atom is -0.363 e. The first-order valence-electron chi connectivity index (χ1n) is 6.36. The van der Waals surface area contributed by atoms with Crippen molar-refractivity contribution in [1.29, 1.82) is 0 Å². The van der Waals surface area contributed by atoms with Crippen LogP contribution in [-0.4, -0.2) is 17.5 Å². The monoisotopic (exact) mass is 380 g/mol. The van der Waals surface area contributed by atoms with Crippen LogP contribution in [0.4, 0.5) is 5.82 Å². The Hall–Kier alpha value is -1.47. The molecule has 1 atom stereocenters. The first kappa shape index (κ1) is 13.5. The number of halogens is 1. The molecule has 20 heavy (non-hydrogen) atoms. The minimum absolute atomic E-state index is 0.175. The smallest absolute Gasteiger partial charge is 0.259 e. The molecule has 1 aromatic heterocycles. The van der Waals surface area contributed by atoms with Gasteiger partial charge in [0.05, 0.1) is 6.61 Å². The van der Waals surface area contributed by atoms with Gasteiger partial charge < -0.3 is 10.1 Å². The number of benzene rings is 1. The normalized spacial score (nSPS) is 17.4. The van der Waals surface area contributed by atoms with Crippen LogP contribution in [-0.2, 0) is 16.0 Å². The summed E-state index contributed by atoms with van der Waals surface area (Å²) < 4.78 is 6.65. The lowest BCUT2D eigenvalue weighted by atomic mass is 9.97. The summed E-state index contributed by atoms with van der Waals surface area (Å²) in [5, 5.41) is 2.80. The highest BCUT2D eigenvalue weighted by molar-refractivity contribution is 14.1. The number of pyridine rings is 1. The van der Waals surface area contributed by atoms with Gasteiger partial charge in [-0.25, -0.2) is 4.98 Å². The maximum Gasteiger partial charge on any atom is 0.259 e. The van der Waals surface area contributed by atoms with E-state index in [1.807, 2.05) is 30.3 Å². The highest BCUT2D eigenvalue weighted by atomic mass is 127. The SMILES string of the molecule is O=C(Nc1ccc(I)cn1)C1OCCc2ccccc21. The molecule has 0 bridgehead atoms. The Morgan fingerprint density at radius 2 is 2.15 bits per heavy atom. The van der Waals surface area contributed by atoms with E-state index in [0.29, 0.717) is 12.4 Å². The number of aromatic nitrogens is 1. The average Bonchev–Trinajstić information content (AvgIpc) is 2.49. The number of fused-ring (bicyclic) bond motifs is 1. The number of nitrogens with zero attached hydrogens (tertiary/aromatic N) is 1. The van der Waals surface area contributed by atoms with Gasteiger partial charge >= 0.3 is 0 Å². The Morgan fingerprint density at radius 3 is 2.95 bits per heavy atom. The van der Waals surface area contributed by atoms with Crippen molar-refractivity contribution in [1.82, 2.24) is 4.98 Å². The number of carbonyl (C=O) groups is 1. The van der Waals surface area contributed by atoms with Gasteiger partial charge in [-0.2, -0.15) is 0 Å². The van der Waals surface area contributed by atoms with Crippen LogP contribution in [0.25, 0.3) is 0 Å². The fraction of sp³-hybridized carbons (Fsp3) is 0.200. The summed E-state index contributed by atoms with van der Waals surface area (Å²) in [6, 6.07) is 11.6. The summed E-state index contributed by atoms with van der Waals surface area (Å²) >= 11 is 2.17. The molecule has 0 aliphatic carbocycles. The number of hydrogen-bond acceptors (Lipinski definition) is 3. The van der Waals surface area contributed by atoms with Crippen molar-refractivity contribution >= 4 is 34.3 Å². The lowest BCUT2D eigenvalue weighted by Gasteiger charge is -2.24. The number of hydrogen-bond donors (Lipinski definition) is 1. The number of amides is 1. The van der Waals surface area contributed by atoms with Gasteiger partial charge in [0.15, 0.2) is 6.10 Å². The third-order valence-corrected chi connectivity index (χ3v) is 3.85. The van der Waals surface area contributed by atoms with Gasteiger partial charge in [0.25, 0.3) is 5.91 Å². The molecule has 2 heterocycles. The predicted molar refractivity (Wildman–Crippen MR) is 84.4 cm³/mol. The zero-order valence-electron chi connectivity index (χ0n) is 10.7. The summed E-state index contributed by atoms with van der Waals surface area (Å²) in [6.07, 6.45) is 2.01. The summed E-state index contributed by atoms with van der Waals surface area (Å²) in [6.45, 7) is 0.565. The van der Waals surface area contributed by atoms with E-state index in [2.05, 4.69) is 32.9 Å². The van der Waals surface area contributed by atoms with Crippen molar-refractivity contribution in [2.75, 3.05) is 11.9 Å². The van der Waals surface area contributed by atoms with E-state index >= 15 is 0 Å². The second-order valence-corrected chi connectivity index (χ2v) is 5.80. The number of nitrogens with one attached hydrogen (secondary N) is 1. The summed E-state index contributed by atoms with van der Waals surface area (Å²) in [7, 11) is 0. The average molecular weight is 380 g/mol. The molecule has 1 N–H and O–H groups in total. The van der Waals surface area contributed by atoms with Gasteiger partial charge in [-0.1, -0.05) is 24.3 Å². The molecule has 102 valence electrons. The number of ether oxygens (including phenoxy) is 1. The third kappa shape index (κ3) is 2.83. The first-order chi connectivity index (χ1) is 9.74. The topological polar surface area (TPSA) is 51.2 Å². The molecule has 1 aliphatic rings. The van der Waals surface area contributed by atoms with E-state index in [1.54, 1.807) is 12.3 Å². The molecule has 0 spiro atoms. The molecule has 0 fully saturated rings. The molecule has 2 aromatic rings. The summed E-state index contributed by atoms with van der Waals surface area (Å²) in [5.41, 5.74) is 2.12. The maximum absolute atomic E-state index is 12.3. The van der Waals surface area contributed by atoms with Crippen LogP contribution in [0.5, 0.6) is 0 Å². The van der Waals surface area contributed by atoms with E-state index in [0.717, 1.165) is 15.6 Å². The molecule has 0 saturated heterocycles. The standard InChI is InChI=1S/C15H13IN2O2/c16-11-5-6-13(17-9-11)18-15(19)14-12-4-2-1-3-10(12)7-8-20-14/h1-6,9,14H,7-8H2,(H,17,18,19). The number of carbonyl (C=O) groups excluding carboxylic acids is 1. The fourth-order valence-electron chi connectivity index (χ4n) is 2.25. The van der Waals surface area contributed by atoms with Crippen LogP contribution < -0.4 is 5.32 Å². The Kier molecular flexibility index (Phi) is 3.98. The van der Waals surface area contributed by atoms with Crippen LogP contribution >= 0.6 is 22.6 Å². The van der Waals surface area contributed by atoms with Crippen molar-refractivity contribution in [2.24, 2.45) is 0 Å². The molecule has 4 nitrogen and oxygen atoms in total. The Morgan fingerprint density at radius 1 is 1.30 bits per heavy atom. The molecule has 0 saturated carbocycles. The van der Waals surface area contributed by atoms with Gasteiger partial charge in [-0.15, -0.1) is 0 Å². The molecule has 0 radical (unpaired) electrons. The fourth-order valence-corrected chi connectivity index (χ4v) is 2.57. The molecule has 1 unspecified atom stereocenters. The Balaban J connectivity index is 1.80. The second-order valence-electron chi connectivity index (χ2n) is 4.55. The van der Waals surface area contributed by atoms with E-state index in [9.17, 15) is 4.79 Å². The molecular formula is C15H13IN2O2. The lowest BCUT2D eigenvalue weighted by Crippen LogP contribution is -2.28. The molecule has 1 aromatic carbocycles. The van der Waals surface area contributed by atoms with Gasteiger partial charge in [-0.05, 0) is 52.3 Å². The van der Waals surface area contributed by atoms with Crippen LogP contribution in [0.2, 0.25) is 0 Å². The van der Waals surface area contributed by atoms with Crippen LogP contribution in [0.3, 0.4) is 0 Å². The second kappa shape index (κ2) is 5.88. The van der Waals surface area contributed by atoms with Crippen molar-refractivity contribution < 1.29 is 9.53 Å². The van der Waals surface area contributed by atoms with Crippen molar-refractivity contribution in [3.8, 4) is 0 Å². The Labute approximate surface area is 130 Å². The highest BCUT2D eigenvalue weighted by Gasteiger charge is 2.27. The molecule has 1 amide bonds. The molecule has 5 heteroatoms. The lowest BCUT2D eigenvalue weighted by molar-refractivity contribution is -0.128. The van der Waals surface area contributed by atoms with Crippen molar-refractivity contribution in [3.05, 3.63) is 57.3 Å².